The Hall–Kier alpha value is -1.39. The first-order chi connectivity index (χ1) is 9.72. The summed E-state index contributed by atoms with van der Waals surface area (Å²) in [4.78, 5) is 0. The Balaban J connectivity index is 1.86. The van der Waals surface area contributed by atoms with Crippen LogP contribution in [0.15, 0.2) is 40.9 Å². The van der Waals surface area contributed by atoms with E-state index in [0.29, 0.717) is 13.2 Å². The van der Waals surface area contributed by atoms with Gasteiger partial charge in [0.2, 0.25) is 0 Å². The van der Waals surface area contributed by atoms with Crippen molar-refractivity contribution in [3.8, 4) is 0 Å². The van der Waals surface area contributed by atoms with E-state index in [9.17, 15) is 0 Å². The third-order valence-corrected chi connectivity index (χ3v) is 4.05. The van der Waals surface area contributed by atoms with Crippen molar-refractivity contribution in [2.75, 3.05) is 6.61 Å². The summed E-state index contributed by atoms with van der Waals surface area (Å²) in [7, 11) is 0. The van der Waals surface area contributed by atoms with Gasteiger partial charge in [0.1, 0.15) is 0 Å². The Morgan fingerprint density at radius 2 is 2.05 bits per heavy atom. The van der Waals surface area contributed by atoms with Crippen LogP contribution in [-0.4, -0.2) is 16.4 Å². The van der Waals surface area contributed by atoms with E-state index >= 15 is 0 Å². The lowest BCUT2D eigenvalue weighted by molar-refractivity contribution is 0.142. The number of rotatable bonds is 6. The third-order valence-electron chi connectivity index (χ3n) is 3.02. The zero-order chi connectivity index (χ0) is 14.4. The van der Waals surface area contributed by atoms with Gasteiger partial charge in [-0.2, -0.15) is 5.10 Å². The first-order valence-corrected chi connectivity index (χ1v) is 7.52. The van der Waals surface area contributed by atoms with Gasteiger partial charge in [-0.15, -0.1) is 0 Å². The van der Waals surface area contributed by atoms with Crippen LogP contribution >= 0.6 is 15.9 Å². The molecular formula is C16H19BrN2O. The maximum atomic E-state index is 5.70. The number of benzene rings is 1. The van der Waals surface area contributed by atoms with Crippen molar-refractivity contribution >= 4 is 22.0 Å². The van der Waals surface area contributed by atoms with E-state index in [1.54, 1.807) is 0 Å². The maximum Gasteiger partial charge on any atom is 0.0900 e. The molecule has 2 aromatic rings. The van der Waals surface area contributed by atoms with Gasteiger partial charge in [-0.05, 0) is 35.3 Å². The summed E-state index contributed by atoms with van der Waals surface area (Å²) in [6.45, 7) is 6.08. The van der Waals surface area contributed by atoms with Gasteiger partial charge in [-0.1, -0.05) is 42.5 Å². The van der Waals surface area contributed by atoms with Gasteiger partial charge >= 0.3 is 0 Å². The molecule has 0 saturated carbocycles. The fourth-order valence-electron chi connectivity index (χ4n) is 1.98. The SMILES string of the molecule is CCn1nc(C)c(Br)c1COCC=Cc1ccccc1. The predicted molar refractivity (Wildman–Crippen MR) is 85.5 cm³/mol. The summed E-state index contributed by atoms with van der Waals surface area (Å²) >= 11 is 3.57. The van der Waals surface area contributed by atoms with Gasteiger partial charge in [-0.25, -0.2) is 0 Å². The normalized spacial score (nSPS) is 11.3. The number of halogens is 1. The molecule has 0 radical (unpaired) electrons. The molecule has 0 bridgehead atoms. The minimum absolute atomic E-state index is 0.564. The summed E-state index contributed by atoms with van der Waals surface area (Å²) in [5.41, 5.74) is 3.29. The molecule has 0 fully saturated rings. The lowest BCUT2D eigenvalue weighted by atomic mass is 10.2. The highest BCUT2D eigenvalue weighted by atomic mass is 79.9. The molecule has 106 valence electrons. The van der Waals surface area contributed by atoms with Crippen molar-refractivity contribution in [3.63, 3.8) is 0 Å². The summed E-state index contributed by atoms with van der Waals surface area (Å²) in [5.74, 6) is 0. The second-order valence-corrected chi connectivity index (χ2v) is 5.28. The van der Waals surface area contributed by atoms with Crippen LogP contribution in [0.1, 0.15) is 23.9 Å². The van der Waals surface area contributed by atoms with E-state index in [1.807, 2.05) is 35.9 Å². The number of nitrogens with zero attached hydrogens (tertiary/aromatic N) is 2. The average molecular weight is 335 g/mol. The molecule has 1 aromatic carbocycles. The quantitative estimate of drug-likeness (QED) is 0.740. The molecule has 1 aromatic heterocycles. The zero-order valence-corrected chi connectivity index (χ0v) is 13.4. The molecule has 0 saturated heterocycles. The lowest BCUT2D eigenvalue weighted by Gasteiger charge is -2.05. The van der Waals surface area contributed by atoms with Crippen molar-refractivity contribution in [1.82, 2.24) is 9.78 Å². The Morgan fingerprint density at radius 1 is 1.30 bits per heavy atom. The van der Waals surface area contributed by atoms with E-state index < -0.39 is 0 Å². The molecular weight excluding hydrogens is 316 g/mol. The highest BCUT2D eigenvalue weighted by Crippen LogP contribution is 2.21. The zero-order valence-electron chi connectivity index (χ0n) is 11.8. The number of aryl methyl sites for hydroxylation is 2. The molecule has 0 N–H and O–H groups in total. The predicted octanol–water partition coefficient (Wildman–Crippen LogP) is 4.20. The number of aromatic nitrogens is 2. The highest BCUT2D eigenvalue weighted by molar-refractivity contribution is 9.10. The van der Waals surface area contributed by atoms with E-state index in [0.717, 1.165) is 22.4 Å². The molecule has 20 heavy (non-hydrogen) atoms. The molecule has 4 heteroatoms. The van der Waals surface area contributed by atoms with Gasteiger partial charge in [-0.3, -0.25) is 4.68 Å². The third kappa shape index (κ3) is 3.81. The van der Waals surface area contributed by atoms with Gasteiger partial charge in [0.05, 0.1) is 29.1 Å². The van der Waals surface area contributed by atoms with Crippen LogP contribution in [0.2, 0.25) is 0 Å². The number of hydrogen-bond acceptors (Lipinski definition) is 2. The second kappa shape index (κ2) is 7.41. The van der Waals surface area contributed by atoms with Gasteiger partial charge in [0.15, 0.2) is 0 Å². The average Bonchev–Trinajstić information content (AvgIpc) is 2.75. The number of hydrogen-bond donors (Lipinski definition) is 0. The fourth-order valence-corrected chi connectivity index (χ4v) is 2.38. The van der Waals surface area contributed by atoms with Crippen molar-refractivity contribution < 1.29 is 4.74 Å². The van der Waals surface area contributed by atoms with Crippen LogP contribution in [0.3, 0.4) is 0 Å². The van der Waals surface area contributed by atoms with Crippen molar-refractivity contribution in [1.29, 1.82) is 0 Å². The molecule has 0 aliphatic carbocycles. The van der Waals surface area contributed by atoms with Crippen molar-refractivity contribution in [3.05, 3.63) is 57.8 Å². The molecule has 2 rings (SSSR count). The monoisotopic (exact) mass is 334 g/mol. The summed E-state index contributed by atoms with van der Waals surface area (Å²) in [6.07, 6.45) is 4.10. The van der Waals surface area contributed by atoms with Gasteiger partial charge in [0.25, 0.3) is 0 Å². The molecule has 0 aliphatic rings. The first-order valence-electron chi connectivity index (χ1n) is 6.73. The smallest absolute Gasteiger partial charge is 0.0900 e. The Bertz CT molecular complexity index is 576. The van der Waals surface area contributed by atoms with Gasteiger partial charge in [0, 0.05) is 6.54 Å². The first kappa shape index (κ1) is 15.0. The van der Waals surface area contributed by atoms with Crippen LogP contribution < -0.4 is 0 Å². The Kier molecular flexibility index (Phi) is 5.56. The lowest BCUT2D eigenvalue weighted by Crippen LogP contribution is -2.05. The molecule has 0 amide bonds. The minimum atomic E-state index is 0.564. The van der Waals surface area contributed by atoms with E-state index in [1.165, 1.54) is 5.56 Å². The molecule has 0 spiro atoms. The van der Waals surface area contributed by atoms with E-state index in [4.69, 9.17) is 4.74 Å². The van der Waals surface area contributed by atoms with E-state index in [2.05, 4.69) is 46.2 Å². The molecule has 0 atom stereocenters. The molecule has 0 aliphatic heterocycles. The molecule has 3 nitrogen and oxygen atoms in total. The van der Waals surface area contributed by atoms with Crippen LogP contribution in [0.25, 0.3) is 6.08 Å². The second-order valence-electron chi connectivity index (χ2n) is 4.49. The van der Waals surface area contributed by atoms with Crippen molar-refractivity contribution in [2.45, 2.75) is 27.0 Å². The highest BCUT2D eigenvalue weighted by Gasteiger charge is 2.11. The maximum absolute atomic E-state index is 5.70. The molecule has 0 unspecified atom stereocenters. The summed E-state index contributed by atoms with van der Waals surface area (Å²) in [5, 5.41) is 4.45. The minimum Gasteiger partial charge on any atom is -0.371 e. The van der Waals surface area contributed by atoms with Crippen LogP contribution in [0.5, 0.6) is 0 Å². The van der Waals surface area contributed by atoms with Crippen LogP contribution in [-0.2, 0) is 17.9 Å². The topological polar surface area (TPSA) is 27.1 Å². The molecule has 1 heterocycles. The Labute approximate surface area is 128 Å². The number of ether oxygens (including phenoxy) is 1. The summed E-state index contributed by atoms with van der Waals surface area (Å²) < 4.78 is 8.72. The Morgan fingerprint density at radius 3 is 2.75 bits per heavy atom. The van der Waals surface area contributed by atoms with Crippen LogP contribution in [0.4, 0.5) is 0 Å². The van der Waals surface area contributed by atoms with Crippen molar-refractivity contribution in [2.24, 2.45) is 0 Å². The van der Waals surface area contributed by atoms with Gasteiger partial charge < -0.3 is 4.74 Å². The van der Waals surface area contributed by atoms with Crippen LogP contribution in [0, 0.1) is 6.92 Å². The van der Waals surface area contributed by atoms with E-state index in [-0.39, 0.29) is 0 Å². The largest absolute Gasteiger partial charge is 0.371 e. The standard InChI is InChI=1S/C16H19BrN2O/c1-3-19-15(16(17)13(2)18-19)12-20-11-7-10-14-8-5-4-6-9-14/h4-10H,3,11-12H2,1-2H3. The summed E-state index contributed by atoms with van der Waals surface area (Å²) in [6, 6.07) is 10.2. The fraction of sp³-hybridized carbons (Fsp3) is 0.312.